The number of thioether (sulfide) groups is 1. The van der Waals surface area contributed by atoms with Gasteiger partial charge >= 0.3 is 6.18 Å². The highest BCUT2D eigenvalue weighted by Crippen LogP contribution is 2.36. The van der Waals surface area contributed by atoms with E-state index in [4.69, 9.17) is 0 Å². The number of hydrogen-bond donors (Lipinski definition) is 1. The molecular weight excluding hydrogens is 405 g/mol. The van der Waals surface area contributed by atoms with Crippen LogP contribution in [0.2, 0.25) is 0 Å². The summed E-state index contributed by atoms with van der Waals surface area (Å²) in [6.45, 7) is 4.04. The summed E-state index contributed by atoms with van der Waals surface area (Å²) >= 11 is 2.00. The first kappa shape index (κ1) is 21.1. The van der Waals surface area contributed by atoms with Crippen LogP contribution in [0, 0.1) is 16.0 Å². The Morgan fingerprint density at radius 1 is 1.37 bits per heavy atom. The summed E-state index contributed by atoms with van der Waals surface area (Å²) in [6.07, 6.45) is -3.96. The first-order valence-corrected chi connectivity index (χ1v) is 9.47. The highest BCUT2D eigenvalue weighted by Gasteiger charge is 2.33. The number of alkyl halides is 3. The zero-order chi connectivity index (χ0) is 20.2. The SMILES string of the molecule is CC(C)Cc1nnc(NC(=O)CSc2ccc(C(F)(F)F)cc2[N+](=O)[O-])s1. The summed E-state index contributed by atoms with van der Waals surface area (Å²) in [4.78, 5) is 22.1. The second-order valence-electron chi connectivity index (χ2n) is 5.87. The van der Waals surface area contributed by atoms with Gasteiger partial charge in [-0.05, 0) is 18.1 Å². The molecule has 0 aliphatic carbocycles. The zero-order valence-electron chi connectivity index (χ0n) is 14.2. The van der Waals surface area contributed by atoms with Gasteiger partial charge in [-0.2, -0.15) is 13.2 Å². The maximum absolute atomic E-state index is 12.7. The molecule has 0 aliphatic rings. The Labute approximate surface area is 160 Å². The van der Waals surface area contributed by atoms with E-state index in [0.717, 1.165) is 35.3 Å². The average molecular weight is 420 g/mol. The van der Waals surface area contributed by atoms with Gasteiger partial charge in [-0.15, -0.1) is 22.0 Å². The Kier molecular flexibility index (Phi) is 6.76. The van der Waals surface area contributed by atoms with Crippen LogP contribution in [-0.4, -0.2) is 26.8 Å². The van der Waals surface area contributed by atoms with E-state index in [-0.39, 0.29) is 10.6 Å². The summed E-state index contributed by atoms with van der Waals surface area (Å²) in [5, 5.41) is 22.4. The monoisotopic (exact) mass is 420 g/mol. The third-order valence-corrected chi connectivity index (χ3v) is 5.06. The maximum atomic E-state index is 12.7. The van der Waals surface area contributed by atoms with E-state index in [1.165, 1.54) is 11.3 Å². The van der Waals surface area contributed by atoms with Crippen LogP contribution in [-0.2, 0) is 17.4 Å². The minimum atomic E-state index is -4.68. The van der Waals surface area contributed by atoms with Crippen molar-refractivity contribution in [2.75, 3.05) is 11.1 Å². The molecular formula is C15H15F3N4O3S2. The van der Waals surface area contributed by atoms with E-state index in [0.29, 0.717) is 17.1 Å². The predicted molar refractivity (Wildman–Crippen MR) is 95.9 cm³/mol. The second-order valence-corrected chi connectivity index (χ2v) is 7.95. The first-order valence-electron chi connectivity index (χ1n) is 7.67. The van der Waals surface area contributed by atoms with Crippen molar-refractivity contribution < 1.29 is 22.9 Å². The summed E-state index contributed by atoms with van der Waals surface area (Å²) in [6, 6.07) is 2.20. The molecule has 1 aromatic heterocycles. The van der Waals surface area contributed by atoms with Crippen molar-refractivity contribution in [2.45, 2.75) is 31.3 Å². The van der Waals surface area contributed by atoms with Gasteiger partial charge in [-0.1, -0.05) is 25.2 Å². The van der Waals surface area contributed by atoms with Gasteiger partial charge in [0.1, 0.15) is 5.01 Å². The lowest BCUT2D eigenvalue weighted by Gasteiger charge is -2.08. The van der Waals surface area contributed by atoms with Crippen LogP contribution in [0.4, 0.5) is 24.0 Å². The number of nitrogens with one attached hydrogen (secondary N) is 1. The number of nitrogens with zero attached hydrogens (tertiary/aromatic N) is 3. The molecule has 1 N–H and O–H groups in total. The van der Waals surface area contributed by atoms with Crippen molar-refractivity contribution in [1.82, 2.24) is 10.2 Å². The van der Waals surface area contributed by atoms with E-state index in [1.54, 1.807) is 0 Å². The molecule has 0 saturated carbocycles. The highest BCUT2D eigenvalue weighted by molar-refractivity contribution is 8.00. The van der Waals surface area contributed by atoms with Crippen molar-refractivity contribution in [2.24, 2.45) is 5.92 Å². The number of halogens is 3. The van der Waals surface area contributed by atoms with Gasteiger partial charge in [0.05, 0.1) is 21.1 Å². The van der Waals surface area contributed by atoms with Crippen molar-refractivity contribution in [3.05, 3.63) is 38.9 Å². The fourth-order valence-corrected chi connectivity index (χ4v) is 3.77. The molecule has 0 saturated heterocycles. The van der Waals surface area contributed by atoms with Crippen molar-refractivity contribution in [1.29, 1.82) is 0 Å². The fraction of sp³-hybridized carbons (Fsp3) is 0.400. The summed E-state index contributed by atoms with van der Waals surface area (Å²) in [5.41, 5.74) is -1.81. The van der Waals surface area contributed by atoms with E-state index in [9.17, 15) is 28.1 Å². The van der Waals surface area contributed by atoms with Crippen LogP contribution in [0.15, 0.2) is 23.1 Å². The normalized spacial score (nSPS) is 11.6. The molecule has 0 unspecified atom stereocenters. The van der Waals surface area contributed by atoms with E-state index in [2.05, 4.69) is 15.5 Å². The standard InChI is InChI=1S/C15H15F3N4O3S2/c1-8(2)5-13-20-21-14(27-13)19-12(23)7-26-11-4-3-9(15(16,17)18)6-10(11)22(24)25/h3-4,6,8H,5,7H2,1-2H3,(H,19,21,23). The number of nitro groups is 1. The summed E-state index contributed by atoms with van der Waals surface area (Å²) < 4.78 is 38.1. The first-order chi connectivity index (χ1) is 12.6. The molecule has 0 radical (unpaired) electrons. The number of anilines is 1. The third kappa shape index (κ3) is 6.17. The number of nitro benzene ring substituents is 1. The van der Waals surface area contributed by atoms with Gasteiger partial charge in [-0.25, -0.2) is 0 Å². The number of carbonyl (C=O) groups is 1. The molecule has 2 aromatic rings. The van der Waals surface area contributed by atoms with Crippen molar-refractivity contribution >= 4 is 39.8 Å². The van der Waals surface area contributed by atoms with Gasteiger partial charge in [-0.3, -0.25) is 20.2 Å². The minimum absolute atomic E-state index is 0.0269. The highest BCUT2D eigenvalue weighted by atomic mass is 32.2. The smallest absolute Gasteiger partial charge is 0.300 e. The van der Waals surface area contributed by atoms with E-state index < -0.39 is 28.3 Å². The van der Waals surface area contributed by atoms with Crippen LogP contribution in [0.3, 0.4) is 0 Å². The molecule has 7 nitrogen and oxygen atoms in total. The lowest BCUT2D eigenvalue weighted by Crippen LogP contribution is -2.14. The Hall–Kier alpha value is -2.21. The molecule has 2 rings (SSSR count). The number of aromatic nitrogens is 2. The number of carbonyl (C=O) groups excluding carboxylic acids is 1. The van der Waals surface area contributed by atoms with Crippen LogP contribution < -0.4 is 5.32 Å². The molecule has 1 amide bonds. The van der Waals surface area contributed by atoms with Gasteiger partial charge < -0.3 is 0 Å². The Morgan fingerprint density at radius 2 is 2.07 bits per heavy atom. The maximum Gasteiger partial charge on any atom is 0.416 e. The number of hydrogen-bond acceptors (Lipinski definition) is 7. The molecule has 0 fully saturated rings. The lowest BCUT2D eigenvalue weighted by molar-refractivity contribution is -0.388. The van der Waals surface area contributed by atoms with Crippen LogP contribution in [0.5, 0.6) is 0 Å². The molecule has 0 spiro atoms. The topological polar surface area (TPSA) is 98.0 Å². The van der Waals surface area contributed by atoms with Gasteiger partial charge in [0, 0.05) is 12.5 Å². The Balaban J connectivity index is 2.02. The molecule has 0 atom stereocenters. The zero-order valence-corrected chi connectivity index (χ0v) is 15.9. The molecule has 27 heavy (non-hydrogen) atoms. The van der Waals surface area contributed by atoms with Gasteiger partial charge in [0.25, 0.3) is 5.69 Å². The molecule has 0 bridgehead atoms. The average Bonchev–Trinajstić information content (AvgIpc) is 2.97. The second kappa shape index (κ2) is 8.65. The largest absolute Gasteiger partial charge is 0.416 e. The molecule has 146 valence electrons. The number of amides is 1. The van der Waals surface area contributed by atoms with Crippen LogP contribution in [0.25, 0.3) is 0 Å². The van der Waals surface area contributed by atoms with E-state index >= 15 is 0 Å². The minimum Gasteiger partial charge on any atom is -0.300 e. The number of benzene rings is 1. The summed E-state index contributed by atoms with van der Waals surface area (Å²) in [5.74, 6) is -0.315. The predicted octanol–water partition coefficient (Wildman–Crippen LogP) is 4.39. The molecule has 12 heteroatoms. The van der Waals surface area contributed by atoms with Crippen molar-refractivity contribution in [3.8, 4) is 0 Å². The molecule has 1 heterocycles. The Morgan fingerprint density at radius 3 is 2.67 bits per heavy atom. The summed E-state index contributed by atoms with van der Waals surface area (Å²) in [7, 11) is 0. The Bertz CT molecular complexity index is 840. The van der Waals surface area contributed by atoms with Crippen LogP contribution in [0.1, 0.15) is 24.4 Å². The lowest BCUT2D eigenvalue weighted by atomic mass is 10.1. The van der Waals surface area contributed by atoms with Crippen molar-refractivity contribution in [3.63, 3.8) is 0 Å². The quantitative estimate of drug-likeness (QED) is 0.405. The third-order valence-electron chi connectivity index (χ3n) is 3.14. The molecule has 1 aromatic carbocycles. The van der Waals surface area contributed by atoms with E-state index in [1.807, 2.05) is 13.8 Å². The van der Waals surface area contributed by atoms with Gasteiger partial charge in [0.2, 0.25) is 11.0 Å². The van der Waals surface area contributed by atoms with Crippen LogP contribution >= 0.6 is 23.1 Å². The molecule has 0 aliphatic heterocycles. The fourth-order valence-electron chi connectivity index (χ4n) is 1.99. The van der Waals surface area contributed by atoms with Gasteiger partial charge in [0.15, 0.2) is 0 Å². The number of rotatable bonds is 7.